The molecule has 28 heavy (non-hydrogen) atoms. The highest BCUT2D eigenvalue weighted by molar-refractivity contribution is 5.90. The van der Waals surface area contributed by atoms with Gasteiger partial charge in [0.1, 0.15) is 0 Å². The molecule has 1 N–H and O–H groups in total. The number of aromatic amines is 1. The number of carbonyl (C=O) groups excluding carboxylic acids is 1. The van der Waals surface area contributed by atoms with Gasteiger partial charge in [0.05, 0.1) is 5.52 Å². The second-order valence-corrected chi connectivity index (χ2v) is 7.02. The van der Waals surface area contributed by atoms with Crippen LogP contribution in [0.3, 0.4) is 0 Å². The van der Waals surface area contributed by atoms with E-state index in [0.29, 0.717) is 5.92 Å². The summed E-state index contributed by atoms with van der Waals surface area (Å²) in [4.78, 5) is 19.5. The molecule has 0 fully saturated rings. The summed E-state index contributed by atoms with van der Waals surface area (Å²) >= 11 is 0. The number of hydrogen-bond donors (Lipinski definition) is 1. The fraction of sp³-hybridized carbons (Fsp3) is 0.200. The third-order valence-corrected chi connectivity index (χ3v) is 5.06. The largest absolute Gasteiger partial charge is 0.358 e. The maximum absolute atomic E-state index is 11.5. The molecule has 142 valence electrons. The van der Waals surface area contributed by atoms with Gasteiger partial charge in [-0.1, -0.05) is 50.8 Å². The predicted molar refractivity (Wildman–Crippen MR) is 118 cm³/mol. The number of rotatable bonds is 7. The number of H-pyrrole nitrogens is 1. The standard InChI is InChI=1S/C25H26N2O/c1-5-9-19(24-14-22(16-28)25(27-24)17(3)6-2)12-18(4)21-13-20-10-7-8-11-23(20)26-15-21/h5,7-17,27H,4,6H2,1-3H3/b9-5-,19-12+. The van der Waals surface area contributed by atoms with Crippen LogP contribution < -0.4 is 0 Å². The molecule has 0 bridgehead atoms. The van der Waals surface area contributed by atoms with E-state index in [2.05, 4.69) is 42.5 Å². The van der Waals surface area contributed by atoms with Crippen LogP contribution in [0.5, 0.6) is 0 Å². The van der Waals surface area contributed by atoms with Crippen molar-refractivity contribution in [2.75, 3.05) is 0 Å². The van der Waals surface area contributed by atoms with Gasteiger partial charge in [-0.3, -0.25) is 9.78 Å². The van der Waals surface area contributed by atoms with E-state index in [9.17, 15) is 4.79 Å². The molecule has 0 amide bonds. The lowest BCUT2D eigenvalue weighted by atomic mass is 10.0. The number of aldehydes is 1. The average molecular weight is 370 g/mol. The quantitative estimate of drug-likeness (QED) is 0.378. The molecule has 0 aliphatic rings. The van der Waals surface area contributed by atoms with E-state index in [1.54, 1.807) is 0 Å². The number of nitrogens with one attached hydrogen (secondary N) is 1. The van der Waals surface area contributed by atoms with Gasteiger partial charge in [0.15, 0.2) is 6.29 Å². The number of aromatic nitrogens is 2. The van der Waals surface area contributed by atoms with E-state index in [1.807, 2.05) is 55.6 Å². The molecule has 1 atom stereocenters. The first-order valence-corrected chi connectivity index (χ1v) is 9.64. The summed E-state index contributed by atoms with van der Waals surface area (Å²) in [5.74, 6) is 0.300. The van der Waals surface area contributed by atoms with Gasteiger partial charge < -0.3 is 4.98 Å². The Morgan fingerprint density at radius 3 is 2.79 bits per heavy atom. The van der Waals surface area contributed by atoms with Crippen LogP contribution in [0.25, 0.3) is 22.0 Å². The molecule has 3 rings (SSSR count). The maximum atomic E-state index is 11.5. The Morgan fingerprint density at radius 2 is 2.07 bits per heavy atom. The monoisotopic (exact) mass is 370 g/mol. The Labute approximate surface area is 166 Å². The molecule has 0 aliphatic carbocycles. The topological polar surface area (TPSA) is 45.8 Å². The number of pyridine rings is 1. The summed E-state index contributed by atoms with van der Waals surface area (Å²) in [5.41, 5.74) is 6.43. The number of allylic oxidation sites excluding steroid dienone is 5. The van der Waals surface area contributed by atoms with Crippen molar-refractivity contribution < 1.29 is 4.79 Å². The minimum atomic E-state index is 0.300. The maximum Gasteiger partial charge on any atom is 0.151 e. The predicted octanol–water partition coefficient (Wildman–Crippen LogP) is 6.56. The lowest BCUT2D eigenvalue weighted by Gasteiger charge is -2.08. The van der Waals surface area contributed by atoms with E-state index in [-0.39, 0.29) is 0 Å². The molecule has 0 saturated carbocycles. The molecule has 1 aromatic carbocycles. The molecule has 2 aromatic heterocycles. The van der Waals surface area contributed by atoms with Crippen molar-refractivity contribution in [1.82, 2.24) is 9.97 Å². The molecule has 0 aliphatic heterocycles. The first kappa shape index (κ1) is 19.6. The van der Waals surface area contributed by atoms with Crippen molar-refractivity contribution in [3.8, 4) is 0 Å². The number of benzene rings is 1. The summed E-state index contributed by atoms with van der Waals surface area (Å²) in [6, 6.07) is 12.1. The molecular weight excluding hydrogens is 344 g/mol. The first-order valence-electron chi connectivity index (χ1n) is 9.64. The summed E-state index contributed by atoms with van der Waals surface area (Å²) < 4.78 is 0. The normalized spacial score (nSPS) is 13.2. The number of para-hydroxylation sites is 1. The minimum absolute atomic E-state index is 0.300. The van der Waals surface area contributed by atoms with Gasteiger partial charge in [0, 0.05) is 34.1 Å². The van der Waals surface area contributed by atoms with Crippen LogP contribution in [0.4, 0.5) is 0 Å². The SMILES string of the molecule is C=C(/C=C(\C=C/C)c1cc(C=O)c(C(C)CC)[nH]1)c1cnc2ccccc2c1. The van der Waals surface area contributed by atoms with E-state index in [0.717, 1.165) is 57.3 Å². The van der Waals surface area contributed by atoms with Crippen molar-refractivity contribution in [3.63, 3.8) is 0 Å². The Balaban J connectivity index is 2.01. The zero-order valence-corrected chi connectivity index (χ0v) is 16.7. The van der Waals surface area contributed by atoms with E-state index in [4.69, 9.17) is 0 Å². The highest BCUT2D eigenvalue weighted by Crippen LogP contribution is 2.28. The first-order chi connectivity index (χ1) is 13.6. The van der Waals surface area contributed by atoms with Crippen LogP contribution >= 0.6 is 0 Å². The number of nitrogens with zero attached hydrogens (tertiary/aromatic N) is 1. The van der Waals surface area contributed by atoms with Crippen LogP contribution in [0.1, 0.15) is 60.4 Å². The third kappa shape index (κ3) is 4.04. The molecule has 3 aromatic rings. The van der Waals surface area contributed by atoms with Gasteiger partial charge in [0.25, 0.3) is 0 Å². The van der Waals surface area contributed by atoms with Gasteiger partial charge in [-0.15, -0.1) is 0 Å². The molecule has 0 saturated heterocycles. The Hall–Kier alpha value is -3.20. The smallest absolute Gasteiger partial charge is 0.151 e. The van der Waals surface area contributed by atoms with E-state index >= 15 is 0 Å². The van der Waals surface area contributed by atoms with E-state index in [1.165, 1.54) is 0 Å². The van der Waals surface area contributed by atoms with Crippen molar-refractivity contribution in [2.24, 2.45) is 0 Å². The lowest BCUT2D eigenvalue weighted by Crippen LogP contribution is -1.96. The zero-order chi connectivity index (χ0) is 20.1. The van der Waals surface area contributed by atoms with Crippen molar-refractivity contribution in [1.29, 1.82) is 0 Å². The Bertz CT molecular complexity index is 1070. The average Bonchev–Trinajstić information content (AvgIpc) is 3.16. The molecule has 2 heterocycles. The van der Waals surface area contributed by atoms with E-state index < -0.39 is 0 Å². The molecule has 3 nitrogen and oxygen atoms in total. The van der Waals surface area contributed by atoms with Crippen LogP contribution in [0.2, 0.25) is 0 Å². The lowest BCUT2D eigenvalue weighted by molar-refractivity contribution is 0.112. The summed E-state index contributed by atoms with van der Waals surface area (Å²) in [5, 5.41) is 1.09. The van der Waals surface area contributed by atoms with Gasteiger partial charge >= 0.3 is 0 Å². The fourth-order valence-electron chi connectivity index (χ4n) is 3.26. The molecular formula is C25H26N2O. The summed E-state index contributed by atoms with van der Waals surface area (Å²) in [7, 11) is 0. The molecule has 0 spiro atoms. The number of hydrogen-bond acceptors (Lipinski definition) is 2. The zero-order valence-electron chi connectivity index (χ0n) is 16.7. The third-order valence-electron chi connectivity index (χ3n) is 5.06. The van der Waals surface area contributed by atoms with Crippen LogP contribution in [-0.2, 0) is 0 Å². The van der Waals surface area contributed by atoms with Crippen LogP contribution in [0, 0.1) is 0 Å². The van der Waals surface area contributed by atoms with Gasteiger partial charge in [-0.05, 0) is 54.7 Å². The fourth-order valence-corrected chi connectivity index (χ4v) is 3.26. The number of fused-ring (bicyclic) bond motifs is 1. The molecule has 0 radical (unpaired) electrons. The van der Waals surface area contributed by atoms with Gasteiger partial charge in [0.2, 0.25) is 0 Å². The molecule has 1 unspecified atom stereocenters. The summed E-state index contributed by atoms with van der Waals surface area (Å²) in [6.45, 7) is 10.5. The summed E-state index contributed by atoms with van der Waals surface area (Å²) in [6.07, 6.45) is 9.80. The highest BCUT2D eigenvalue weighted by Gasteiger charge is 2.14. The van der Waals surface area contributed by atoms with Crippen molar-refractivity contribution in [2.45, 2.75) is 33.1 Å². The van der Waals surface area contributed by atoms with Gasteiger partial charge in [-0.25, -0.2) is 0 Å². The van der Waals surface area contributed by atoms with Crippen molar-refractivity contribution >= 4 is 28.3 Å². The second kappa shape index (κ2) is 8.66. The Kier molecular flexibility index (Phi) is 6.05. The van der Waals surface area contributed by atoms with Gasteiger partial charge in [-0.2, -0.15) is 0 Å². The minimum Gasteiger partial charge on any atom is -0.358 e. The van der Waals surface area contributed by atoms with Crippen LogP contribution in [-0.4, -0.2) is 16.3 Å². The second-order valence-electron chi connectivity index (χ2n) is 7.02. The highest BCUT2D eigenvalue weighted by atomic mass is 16.1. The van der Waals surface area contributed by atoms with Crippen molar-refractivity contribution in [3.05, 3.63) is 89.9 Å². The Morgan fingerprint density at radius 1 is 1.29 bits per heavy atom. The number of carbonyl (C=O) groups is 1. The molecule has 3 heteroatoms. The van der Waals surface area contributed by atoms with Crippen LogP contribution in [0.15, 0.2) is 67.4 Å².